The fraction of sp³-hybridized carbons (Fsp3) is 0.467. The minimum absolute atomic E-state index is 0.544. The third-order valence-corrected chi connectivity index (χ3v) is 3.79. The van der Waals surface area contributed by atoms with E-state index in [0.29, 0.717) is 5.92 Å². The predicted molar refractivity (Wildman–Crippen MR) is 75.6 cm³/mol. The molecule has 4 heteroatoms. The van der Waals surface area contributed by atoms with E-state index >= 15 is 0 Å². The maximum absolute atomic E-state index is 4.55. The van der Waals surface area contributed by atoms with E-state index in [1.54, 1.807) is 0 Å². The summed E-state index contributed by atoms with van der Waals surface area (Å²) in [7, 11) is 0. The zero-order valence-corrected chi connectivity index (χ0v) is 11.3. The number of hydrogen-bond acceptors (Lipinski definition) is 3. The number of pyridine rings is 1. The minimum atomic E-state index is 0.544. The van der Waals surface area contributed by atoms with Gasteiger partial charge in [0, 0.05) is 43.2 Å². The van der Waals surface area contributed by atoms with Gasteiger partial charge in [0.2, 0.25) is 0 Å². The van der Waals surface area contributed by atoms with Gasteiger partial charge >= 0.3 is 0 Å². The molecule has 1 saturated heterocycles. The predicted octanol–water partition coefficient (Wildman–Crippen LogP) is 2.30. The maximum atomic E-state index is 4.55. The molecule has 0 saturated carbocycles. The lowest BCUT2D eigenvalue weighted by molar-refractivity contribution is 0.454. The summed E-state index contributed by atoms with van der Waals surface area (Å²) in [6.45, 7) is 4.31. The van der Waals surface area contributed by atoms with Crippen LogP contribution in [0, 0.1) is 0 Å². The van der Waals surface area contributed by atoms with Gasteiger partial charge in [-0.2, -0.15) is 0 Å². The Labute approximate surface area is 113 Å². The first-order valence-corrected chi connectivity index (χ1v) is 7.07. The average molecular weight is 256 g/mol. The van der Waals surface area contributed by atoms with Gasteiger partial charge in [-0.25, -0.2) is 4.98 Å². The first-order chi connectivity index (χ1) is 9.38. The van der Waals surface area contributed by atoms with Crippen LogP contribution in [0.1, 0.15) is 37.2 Å². The van der Waals surface area contributed by atoms with Crippen LogP contribution < -0.4 is 5.32 Å². The second-order valence-corrected chi connectivity index (χ2v) is 5.05. The lowest BCUT2D eigenvalue weighted by Gasteiger charge is -2.22. The Hall–Kier alpha value is -1.68. The smallest absolute Gasteiger partial charge is 0.112 e. The Balaban J connectivity index is 1.91. The zero-order chi connectivity index (χ0) is 13.1. The first kappa shape index (κ1) is 12.4. The van der Waals surface area contributed by atoms with E-state index < -0.39 is 0 Å². The number of piperidine rings is 1. The molecule has 19 heavy (non-hydrogen) atoms. The van der Waals surface area contributed by atoms with Gasteiger partial charge in [0.05, 0.1) is 5.69 Å². The van der Waals surface area contributed by atoms with Crippen LogP contribution in [-0.2, 0) is 6.42 Å². The zero-order valence-electron chi connectivity index (χ0n) is 11.3. The molecule has 0 spiro atoms. The highest BCUT2D eigenvalue weighted by molar-refractivity contribution is 5.35. The summed E-state index contributed by atoms with van der Waals surface area (Å²) in [5, 5.41) is 3.45. The Morgan fingerprint density at radius 1 is 1.37 bits per heavy atom. The lowest BCUT2D eigenvalue weighted by Crippen LogP contribution is -2.28. The highest BCUT2D eigenvalue weighted by Gasteiger charge is 2.17. The Morgan fingerprint density at radius 3 is 3.11 bits per heavy atom. The maximum Gasteiger partial charge on any atom is 0.112 e. The summed E-state index contributed by atoms with van der Waals surface area (Å²) in [6.07, 6.45) is 9.21. The van der Waals surface area contributed by atoms with Gasteiger partial charge in [-0.05, 0) is 31.5 Å². The van der Waals surface area contributed by atoms with Crippen molar-refractivity contribution in [1.29, 1.82) is 0 Å². The summed E-state index contributed by atoms with van der Waals surface area (Å²) in [4.78, 5) is 8.94. The molecule has 0 amide bonds. The molecule has 0 aromatic carbocycles. The molecule has 0 unspecified atom stereocenters. The van der Waals surface area contributed by atoms with Crippen molar-refractivity contribution >= 4 is 0 Å². The van der Waals surface area contributed by atoms with Gasteiger partial charge in [0.15, 0.2) is 0 Å². The largest absolute Gasteiger partial charge is 0.316 e. The van der Waals surface area contributed by atoms with E-state index in [-0.39, 0.29) is 0 Å². The summed E-state index contributed by atoms with van der Waals surface area (Å²) < 4.78 is 2.15. The van der Waals surface area contributed by atoms with Gasteiger partial charge in [-0.15, -0.1) is 0 Å². The van der Waals surface area contributed by atoms with Gasteiger partial charge in [0.1, 0.15) is 5.82 Å². The van der Waals surface area contributed by atoms with Crippen molar-refractivity contribution < 1.29 is 0 Å². The number of nitrogens with zero attached hydrogens (tertiary/aromatic N) is 3. The third-order valence-electron chi connectivity index (χ3n) is 3.79. The quantitative estimate of drug-likeness (QED) is 0.916. The van der Waals surface area contributed by atoms with Crippen LogP contribution in [0.15, 0.2) is 30.7 Å². The van der Waals surface area contributed by atoms with E-state index in [0.717, 1.165) is 25.3 Å². The van der Waals surface area contributed by atoms with Crippen LogP contribution in [0.5, 0.6) is 0 Å². The van der Waals surface area contributed by atoms with Gasteiger partial charge in [0.25, 0.3) is 0 Å². The molecule has 4 nitrogen and oxygen atoms in total. The molecule has 1 aliphatic heterocycles. The molecule has 0 aliphatic carbocycles. The molecular formula is C15H20N4. The highest BCUT2D eigenvalue weighted by atomic mass is 15.1. The standard InChI is InChI=1S/C15H20N4/c1-2-15-18-8-9-19(15)13-5-7-17-14(10-13)12-4-3-6-16-11-12/h5,7-10,12,16H,2-4,6,11H2,1H3/t12-/m0/s1. The molecule has 0 bridgehead atoms. The van der Waals surface area contributed by atoms with Crippen molar-refractivity contribution in [3.63, 3.8) is 0 Å². The number of nitrogens with one attached hydrogen (secondary N) is 1. The van der Waals surface area contributed by atoms with Crippen molar-refractivity contribution in [3.8, 4) is 5.69 Å². The molecular weight excluding hydrogens is 236 g/mol. The number of aryl methyl sites for hydroxylation is 1. The SMILES string of the molecule is CCc1nccn1-c1ccnc([C@H]2CCCNC2)c1. The second kappa shape index (κ2) is 5.53. The minimum Gasteiger partial charge on any atom is -0.316 e. The summed E-state index contributed by atoms with van der Waals surface area (Å²) >= 11 is 0. The van der Waals surface area contributed by atoms with Crippen molar-refractivity contribution in [1.82, 2.24) is 19.9 Å². The van der Waals surface area contributed by atoms with Crippen molar-refractivity contribution in [2.24, 2.45) is 0 Å². The topological polar surface area (TPSA) is 42.7 Å². The monoisotopic (exact) mass is 256 g/mol. The number of aromatic nitrogens is 3. The summed E-state index contributed by atoms with van der Waals surface area (Å²) in [6, 6.07) is 4.26. The second-order valence-electron chi connectivity index (χ2n) is 5.05. The summed E-state index contributed by atoms with van der Waals surface area (Å²) in [5.74, 6) is 1.64. The van der Waals surface area contributed by atoms with Crippen LogP contribution in [0.2, 0.25) is 0 Å². The van der Waals surface area contributed by atoms with Crippen LogP contribution in [0.4, 0.5) is 0 Å². The Bertz CT molecular complexity index is 541. The molecule has 1 N–H and O–H groups in total. The molecule has 2 aromatic heterocycles. The molecule has 1 aliphatic rings. The van der Waals surface area contributed by atoms with Crippen LogP contribution in [0.3, 0.4) is 0 Å². The fourth-order valence-corrected chi connectivity index (χ4v) is 2.74. The van der Waals surface area contributed by atoms with E-state index in [2.05, 4.69) is 38.9 Å². The molecule has 2 aromatic rings. The molecule has 1 fully saturated rings. The normalized spacial score (nSPS) is 19.5. The van der Waals surface area contributed by atoms with Gasteiger partial charge in [-0.1, -0.05) is 6.92 Å². The van der Waals surface area contributed by atoms with E-state index in [1.165, 1.54) is 24.2 Å². The molecule has 1 atom stereocenters. The Kier molecular flexibility index (Phi) is 3.60. The van der Waals surface area contributed by atoms with Crippen LogP contribution in [0.25, 0.3) is 5.69 Å². The number of rotatable bonds is 3. The highest BCUT2D eigenvalue weighted by Crippen LogP contribution is 2.23. The van der Waals surface area contributed by atoms with Crippen LogP contribution >= 0.6 is 0 Å². The number of imidazole rings is 1. The average Bonchev–Trinajstić information content (AvgIpc) is 2.97. The molecule has 3 rings (SSSR count). The fourth-order valence-electron chi connectivity index (χ4n) is 2.74. The lowest BCUT2D eigenvalue weighted by atomic mass is 9.95. The van der Waals surface area contributed by atoms with E-state index in [9.17, 15) is 0 Å². The summed E-state index contributed by atoms with van der Waals surface area (Å²) in [5.41, 5.74) is 2.37. The number of hydrogen-bond donors (Lipinski definition) is 1. The van der Waals surface area contributed by atoms with E-state index in [1.807, 2.05) is 18.6 Å². The van der Waals surface area contributed by atoms with Crippen molar-refractivity contribution in [2.75, 3.05) is 13.1 Å². The van der Waals surface area contributed by atoms with E-state index in [4.69, 9.17) is 0 Å². The van der Waals surface area contributed by atoms with Gasteiger partial charge in [-0.3, -0.25) is 4.98 Å². The van der Waals surface area contributed by atoms with Gasteiger partial charge < -0.3 is 9.88 Å². The first-order valence-electron chi connectivity index (χ1n) is 7.07. The van der Waals surface area contributed by atoms with Crippen molar-refractivity contribution in [2.45, 2.75) is 32.1 Å². The van der Waals surface area contributed by atoms with Crippen LogP contribution in [-0.4, -0.2) is 27.6 Å². The Morgan fingerprint density at radius 2 is 2.32 bits per heavy atom. The third kappa shape index (κ3) is 2.54. The van der Waals surface area contributed by atoms with Crippen molar-refractivity contribution in [3.05, 3.63) is 42.2 Å². The molecule has 3 heterocycles. The molecule has 100 valence electrons. The molecule has 0 radical (unpaired) electrons.